The smallest absolute Gasteiger partial charge is 0.319 e. The Balaban J connectivity index is 2.02. The van der Waals surface area contributed by atoms with Gasteiger partial charge >= 0.3 is 6.03 Å². The normalized spacial score (nSPS) is 11.3. The standard InChI is InChI=1S/C16H22N4OS/c1-16(2,22-4)11-18-15(21)19-13-7-5-6-12(10-13)14-17-8-9-20(14)3/h5-10H,11H2,1-4H3,(H2,18,19,21). The molecule has 0 saturated carbocycles. The second-order valence-corrected chi connectivity index (χ2v) is 7.23. The Hall–Kier alpha value is -1.95. The Bertz CT molecular complexity index is 651. The van der Waals surface area contributed by atoms with Crippen LogP contribution in [0.4, 0.5) is 10.5 Å². The predicted octanol–water partition coefficient (Wildman–Crippen LogP) is 3.35. The zero-order valence-corrected chi connectivity index (χ0v) is 14.2. The summed E-state index contributed by atoms with van der Waals surface area (Å²) >= 11 is 1.72. The Kier molecular flexibility index (Phi) is 5.13. The Morgan fingerprint density at radius 1 is 1.41 bits per heavy atom. The first-order valence-electron chi connectivity index (χ1n) is 7.09. The lowest BCUT2D eigenvalue weighted by Crippen LogP contribution is -2.38. The fourth-order valence-corrected chi connectivity index (χ4v) is 2.14. The number of nitrogens with zero attached hydrogens (tertiary/aromatic N) is 2. The van der Waals surface area contributed by atoms with Crippen LogP contribution in [0.1, 0.15) is 13.8 Å². The maximum Gasteiger partial charge on any atom is 0.319 e. The number of anilines is 1. The van der Waals surface area contributed by atoms with Crippen LogP contribution in [0.2, 0.25) is 0 Å². The van der Waals surface area contributed by atoms with E-state index < -0.39 is 0 Å². The number of nitrogens with one attached hydrogen (secondary N) is 2. The molecule has 1 aromatic carbocycles. The van der Waals surface area contributed by atoms with Crippen LogP contribution in [0, 0.1) is 0 Å². The highest BCUT2D eigenvalue weighted by Crippen LogP contribution is 2.21. The molecule has 22 heavy (non-hydrogen) atoms. The van der Waals surface area contributed by atoms with E-state index in [0.29, 0.717) is 6.54 Å². The third-order valence-corrected chi connectivity index (χ3v) is 4.68. The van der Waals surface area contributed by atoms with Crippen molar-refractivity contribution in [2.24, 2.45) is 7.05 Å². The zero-order valence-electron chi connectivity index (χ0n) is 13.4. The highest BCUT2D eigenvalue weighted by molar-refractivity contribution is 7.99. The topological polar surface area (TPSA) is 59.0 Å². The van der Waals surface area contributed by atoms with E-state index in [2.05, 4.69) is 29.5 Å². The van der Waals surface area contributed by atoms with Gasteiger partial charge in [0.1, 0.15) is 5.82 Å². The SMILES string of the molecule is CSC(C)(C)CNC(=O)Nc1cccc(-c2nccn2C)c1. The molecule has 5 nitrogen and oxygen atoms in total. The Labute approximate surface area is 135 Å². The summed E-state index contributed by atoms with van der Waals surface area (Å²) in [6.45, 7) is 4.80. The molecule has 2 amide bonds. The lowest BCUT2D eigenvalue weighted by atomic mass is 10.2. The Morgan fingerprint density at radius 2 is 2.18 bits per heavy atom. The van der Waals surface area contributed by atoms with E-state index in [1.54, 1.807) is 18.0 Å². The molecule has 0 radical (unpaired) electrons. The van der Waals surface area contributed by atoms with Gasteiger partial charge in [-0.25, -0.2) is 9.78 Å². The van der Waals surface area contributed by atoms with Crippen molar-refractivity contribution in [2.75, 3.05) is 18.1 Å². The minimum Gasteiger partial charge on any atom is -0.336 e. The third-order valence-electron chi connectivity index (χ3n) is 3.43. The number of hydrogen-bond donors (Lipinski definition) is 2. The zero-order chi connectivity index (χ0) is 16.2. The number of carbonyl (C=O) groups is 1. The molecule has 0 saturated heterocycles. The van der Waals surface area contributed by atoms with E-state index in [1.165, 1.54) is 0 Å². The van der Waals surface area contributed by atoms with Crippen molar-refractivity contribution < 1.29 is 4.79 Å². The van der Waals surface area contributed by atoms with Gasteiger partial charge in [0.05, 0.1) is 0 Å². The van der Waals surface area contributed by atoms with Gasteiger partial charge in [0.15, 0.2) is 0 Å². The van der Waals surface area contributed by atoms with Crippen LogP contribution in [0.3, 0.4) is 0 Å². The monoisotopic (exact) mass is 318 g/mol. The van der Waals surface area contributed by atoms with E-state index >= 15 is 0 Å². The quantitative estimate of drug-likeness (QED) is 0.889. The van der Waals surface area contributed by atoms with Crippen molar-refractivity contribution in [3.05, 3.63) is 36.7 Å². The van der Waals surface area contributed by atoms with E-state index in [0.717, 1.165) is 17.1 Å². The van der Waals surface area contributed by atoms with Crippen molar-refractivity contribution in [1.82, 2.24) is 14.9 Å². The molecule has 0 unspecified atom stereocenters. The van der Waals surface area contributed by atoms with Crippen LogP contribution in [-0.2, 0) is 7.05 Å². The lowest BCUT2D eigenvalue weighted by molar-refractivity contribution is 0.251. The van der Waals surface area contributed by atoms with Gasteiger partial charge in [-0.2, -0.15) is 11.8 Å². The van der Waals surface area contributed by atoms with Gasteiger partial charge < -0.3 is 15.2 Å². The third kappa shape index (κ3) is 4.27. The summed E-state index contributed by atoms with van der Waals surface area (Å²) < 4.78 is 1.96. The molecule has 0 aliphatic rings. The van der Waals surface area contributed by atoms with E-state index in [4.69, 9.17) is 0 Å². The average Bonchev–Trinajstić information content (AvgIpc) is 2.92. The number of carbonyl (C=O) groups excluding carboxylic acids is 1. The van der Waals surface area contributed by atoms with Gasteiger partial charge in [-0.05, 0) is 32.2 Å². The number of benzene rings is 1. The first-order chi connectivity index (χ1) is 10.4. The Morgan fingerprint density at radius 3 is 2.82 bits per heavy atom. The number of hydrogen-bond acceptors (Lipinski definition) is 3. The number of urea groups is 1. The molecule has 2 N–H and O–H groups in total. The van der Waals surface area contributed by atoms with Gasteiger partial charge in [0.2, 0.25) is 0 Å². The number of aromatic nitrogens is 2. The highest BCUT2D eigenvalue weighted by Gasteiger charge is 2.16. The van der Waals surface area contributed by atoms with Gasteiger partial charge in [0.25, 0.3) is 0 Å². The molecule has 1 aromatic heterocycles. The summed E-state index contributed by atoms with van der Waals surface area (Å²) in [5.41, 5.74) is 1.72. The maximum absolute atomic E-state index is 12.0. The minimum atomic E-state index is -0.195. The summed E-state index contributed by atoms with van der Waals surface area (Å²) in [4.78, 5) is 16.3. The van der Waals surface area contributed by atoms with Crippen molar-refractivity contribution in [2.45, 2.75) is 18.6 Å². The molecule has 0 bridgehead atoms. The van der Waals surface area contributed by atoms with Crippen LogP contribution in [0.25, 0.3) is 11.4 Å². The van der Waals surface area contributed by atoms with Gasteiger partial charge in [-0.3, -0.25) is 0 Å². The summed E-state index contributed by atoms with van der Waals surface area (Å²) in [5.74, 6) is 0.868. The molecule has 6 heteroatoms. The largest absolute Gasteiger partial charge is 0.336 e. The first-order valence-corrected chi connectivity index (χ1v) is 8.31. The maximum atomic E-state index is 12.0. The van der Waals surface area contributed by atoms with E-state index in [-0.39, 0.29) is 10.8 Å². The second-order valence-electron chi connectivity index (χ2n) is 5.71. The lowest BCUT2D eigenvalue weighted by Gasteiger charge is -2.22. The molecule has 0 fully saturated rings. The first kappa shape index (κ1) is 16.4. The van der Waals surface area contributed by atoms with Crippen molar-refractivity contribution >= 4 is 23.5 Å². The van der Waals surface area contributed by atoms with Crippen LogP contribution >= 0.6 is 11.8 Å². The molecular formula is C16H22N4OS. The highest BCUT2D eigenvalue weighted by atomic mass is 32.2. The molecule has 0 spiro atoms. The average molecular weight is 318 g/mol. The molecule has 0 atom stereocenters. The van der Waals surface area contributed by atoms with Crippen LogP contribution in [0.5, 0.6) is 0 Å². The molecular weight excluding hydrogens is 296 g/mol. The minimum absolute atomic E-state index is 0.0200. The van der Waals surface area contributed by atoms with Crippen molar-refractivity contribution in [1.29, 1.82) is 0 Å². The van der Waals surface area contributed by atoms with Crippen LogP contribution in [-0.4, -0.2) is 33.1 Å². The second kappa shape index (κ2) is 6.87. The van der Waals surface area contributed by atoms with E-state index in [9.17, 15) is 4.79 Å². The van der Waals surface area contributed by atoms with Gasteiger partial charge in [-0.1, -0.05) is 12.1 Å². The molecule has 1 heterocycles. The number of imidazole rings is 1. The number of thioether (sulfide) groups is 1. The number of rotatable bonds is 5. The fourth-order valence-electron chi connectivity index (χ4n) is 1.92. The van der Waals surface area contributed by atoms with Crippen LogP contribution < -0.4 is 10.6 Å². The molecule has 118 valence electrons. The number of aryl methyl sites for hydroxylation is 1. The van der Waals surface area contributed by atoms with Gasteiger partial charge in [-0.15, -0.1) is 0 Å². The molecule has 0 aliphatic heterocycles. The number of amides is 2. The molecule has 0 aliphatic carbocycles. The predicted molar refractivity (Wildman–Crippen MR) is 93.3 cm³/mol. The van der Waals surface area contributed by atoms with Crippen molar-refractivity contribution in [3.8, 4) is 11.4 Å². The van der Waals surface area contributed by atoms with E-state index in [1.807, 2.05) is 48.3 Å². The summed E-state index contributed by atoms with van der Waals surface area (Å²) in [7, 11) is 1.94. The van der Waals surface area contributed by atoms with Crippen molar-refractivity contribution in [3.63, 3.8) is 0 Å². The molecule has 2 aromatic rings. The van der Waals surface area contributed by atoms with Gasteiger partial charge in [0, 0.05) is 42.0 Å². The fraction of sp³-hybridized carbons (Fsp3) is 0.375. The summed E-state index contributed by atoms with van der Waals surface area (Å²) in [5, 5.41) is 5.76. The molecule has 2 rings (SSSR count). The van der Waals surface area contributed by atoms with Crippen LogP contribution in [0.15, 0.2) is 36.7 Å². The summed E-state index contributed by atoms with van der Waals surface area (Å²) in [6, 6.07) is 7.47. The summed E-state index contributed by atoms with van der Waals surface area (Å²) in [6.07, 6.45) is 5.69.